The van der Waals surface area contributed by atoms with Crippen molar-refractivity contribution in [2.75, 3.05) is 25.1 Å². The number of halogens is 1. The van der Waals surface area contributed by atoms with Crippen molar-refractivity contribution >= 4 is 16.7 Å². The van der Waals surface area contributed by atoms with E-state index in [0.717, 1.165) is 18.8 Å². The summed E-state index contributed by atoms with van der Waals surface area (Å²) in [6.45, 7) is 3.28. The summed E-state index contributed by atoms with van der Waals surface area (Å²) in [5, 5.41) is 8.23. The fraction of sp³-hybridized carbons (Fsp3) is 0.542. The van der Waals surface area contributed by atoms with Crippen molar-refractivity contribution in [2.45, 2.75) is 63.6 Å². The minimum Gasteiger partial charge on any atom is -0.378 e. The Bertz CT molecular complexity index is 1080. The maximum Gasteiger partial charge on any atom is 0.261 e. The fourth-order valence-electron chi connectivity index (χ4n) is 5.06. The van der Waals surface area contributed by atoms with Gasteiger partial charge in [-0.25, -0.2) is 9.37 Å². The Morgan fingerprint density at radius 1 is 1.16 bits per heavy atom. The third-order valence-electron chi connectivity index (χ3n) is 6.76. The Kier molecular flexibility index (Phi) is 6.06. The zero-order valence-electron chi connectivity index (χ0n) is 18.7. The van der Waals surface area contributed by atoms with Gasteiger partial charge in [-0.3, -0.25) is 0 Å². The Hall–Kier alpha value is -2.58. The lowest BCUT2D eigenvalue weighted by Crippen LogP contribution is -2.56. The van der Waals surface area contributed by atoms with E-state index in [4.69, 9.17) is 14.2 Å². The molecule has 1 saturated carbocycles. The first kappa shape index (κ1) is 21.3. The molecule has 2 aliphatic rings. The van der Waals surface area contributed by atoms with Gasteiger partial charge in [0.1, 0.15) is 11.6 Å². The van der Waals surface area contributed by atoms with Crippen molar-refractivity contribution in [1.82, 2.24) is 20.4 Å². The van der Waals surface area contributed by atoms with Crippen molar-refractivity contribution in [1.29, 1.82) is 0 Å². The molecule has 0 bridgehead atoms. The maximum absolute atomic E-state index is 14.5. The van der Waals surface area contributed by atoms with E-state index >= 15 is 0 Å². The molecule has 5 rings (SSSR count). The van der Waals surface area contributed by atoms with Gasteiger partial charge in [-0.15, -0.1) is 0 Å². The number of nitrogens with one attached hydrogen (secondary N) is 1. The summed E-state index contributed by atoms with van der Waals surface area (Å²) in [7, 11) is 1.77. The van der Waals surface area contributed by atoms with Gasteiger partial charge in [0.15, 0.2) is 5.82 Å². The van der Waals surface area contributed by atoms with Gasteiger partial charge in [-0.1, -0.05) is 30.5 Å². The number of aromatic nitrogens is 3. The maximum atomic E-state index is 14.5. The molecule has 2 aromatic heterocycles. The second kappa shape index (κ2) is 9.11. The number of pyridine rings is 1. The predicted molar refractivity (Wildman–Crippen MR) is 121 cm³/mol. The van der Waals surface area contributed by atoms with Gasteiger partial charge in [0.2, 0.25) is 0 Å². The lowest BCUT2D eigenvalue weighted by atomic mass is 9.92. The lowest BCUT2D eigenvalue weighted by Gasteiger charge is -2.41. The van der Waals surface area contributed by atoms with E-state index in [0.29, 0.717) is 46.8 Å². The highest BCUT2D eigenvalue weighted by molar-refractivity contribution is 5.88. The number of methoxy groups -OCH3 is 1. The highest BCUT2D eigenvalue weighted by atomic mass is 19.1. The van der Waals surface area contributed by atoms with Gasteiger partial charge in [0.05, 0.1) is 17.2 Å². The van der Waals surface area contributed by atoms with Crippen LogP contribution in [0.3, 0.4) is 0 Å². The summed E-state index contributed by atoms with van der Waals surface area (Å²) < 4.78 is 25.9. The van der Waals surface area contributed by atoms with Crippen molar-refractivity contribution in [3.63, 3.8) is 0 Å². The average molecular weight is 440 g/mol. The van der Waals surface area contributed by atoms with Crippen LogP contribution < -0.4 is 10.2 Å². The third kappa shape index (κ3) is 4.21. The first-order valence-electron chi connectivity index (χ1n) is 11.6. The van der Waals surface area contributed by atoms with Crippen molar-refractivity contribution in [3.05, 3.63) is 35.9 Å². The normalized spacial score (nSPS) is 22.5. The third-order valence-corrected chi connectivity index (χ3v) is 6.76. The summed E-state index contributed by atoms with van der Waals surface area (Å²) in [6, 6.07) is 7.62. The number of hydrogen-bond acceptors (Lipinski definition) is 7. The SMILES string of the molecule is COC1CN(c2nc3cccc(F)c3cc2-c2nc(C)no2)CCC1NC1CCCCC1. The molecule has 170 valence electrons. The smallest absolute Gasteiger partial charge is 0.261 e. The lowest BCUT2D eigenvalue weighted by molar-refractivity contribution is 0.0534. The molecule has 2 unspecified atom stereocenters. The first-order chi connectivity index (χ1) is 15.6. The molecular weight excluding hydrogens is 409 g/mol. The van der Waals surface area contributed by atoms with Crippen LogP contribution in [0.15, 0.2) is 28.8 Å². The van der Waals surface area contributed by atoms with E-state index in [1.807, 2.05) is 6.07 Å². The molecule has 1 N–H and O–H groups in total. The van der Waals surface area contributed by atoms with E-state index in [2.05, 4.69) is 20.4 Å². The molecule has 1 saturated heterocycles. The summed E-state index contributed by atoms with van der Waals surface area (Å²) in [5.74, 6) is 1.30. The van der Waals surface area contributed by atoms with Crippen LogP contribution in [0.25, 0.3) is 22.4 Å². The Morgan fingerprint density at radius 2 is 2.00 bits per heavy atom. The number of fused-ring (bicyclic) bond motifs is 1. The molecule has 3 heterocycles. The standard InChI is InChI=1S/C24H30FN5O2/c1-15-26-24(32-29-15)18-13-17-19(25)9-6-10-20(17)28-23(18)30-12-11-21(22(14-30)31-2)27-16-7-4-3-5-8-16/h6,9-10,13,16,21-22,27H,3-5,7-8,11-12,14H2,1-2H3. The highest BCUT2D eigenvalue weighted by Gasteiger charge is 2.33. The number of aryl methyl sites for hydroxylation is 1. The molecular formula is C24H30FN5O2. The molecule has 0 spiro atoms. The quantitative estimate of drug-likeness (QED) is 0.637. The molecule has 1 aromatic carbocycles. The largest absolute Gasteiger partial charge is 0.378 e. The molecule has 32 heavy (non-hydrogen) atoms. The summed E-state index contributed by atoms with van der Waals surface area (Å²) in [6.07, 6.45) is 7.42. The Balaban J connectivity index is 1.46. The number of anilines is 1. The van der Waals surface area contributed by atoms with Crippen LogP contribution in [0.4, 0.5) is 10.2 Å². The zero-order valence-corrected chi connectivity index (χ0v) is 18.7. The molecule has 7 nitrogen and oxygen atoms in total. The van der Waals surface area contributed by atoms with Gasteiger partial charge in [-0.05, 0) is 44.4 Å². The number of ether oxygens (including phenoxy) is 1. The molecule has 1 aliphatic carbocycles. The summed E-state index contributed by atoms with van der Waals surface area (Å²) in [5.41, 5.74) is 1.26. The minimum absolute atomic E-state index is 0.0351. The number of nitrogens with zero attached hydrogens (tertiary/aromatic N) is 4. The molecule has 2 atom stereocenters. The van der Waals surface area contributed by atoms with Crippen LogP contribution in [-0.2, 0) is 4.74 Å². The Labute approximate surface area is 187 Å². The highest BCUT2D eigenvalue weighted by Crippen LogP contribution is 2.34. The number of benzene rings is 1. The Morgan fingerprint density at radius 3 is 2.75 bits per heavy atom. The predicted octanol–water partition coefficient (Wildman–Crippen LogP) is 4.25. The minimum atomic E-state index is -0.316. The molecule has 0 amide bonds. The first-order valence-corrected chi connectivity index (χ1v) is 11.6. The number of hydrogen-bond donors (Lipinski definition) is 1. The second-order valence-electron chi connectivity index (χ2n) is 8.93. The fourth-order valence-corrected chi connectivity index (χ4v) is 5.06. The molecule has 2 fully saturated rings. The number of rotatable bonds is 5. The number of piperidine rings is 1. The second-order valence-corrected chi connectivity index (χ2v) is 8.93. The van der Waals surface area contributed by atoms with E-state index in [1.165, 1.54) is 38.2 Å². The average Bonchev–Trinajstić information content (AvgIpc) is 3.25. The van der Waals surface area contributed by atoms with Gasteiger partial charge >= 0.3 is 0 Å². The van der Waals surface area contributed by atoms with Crippen LogP contribution in [0.5, 0.6) is 0 Å². The van der Waals surface area contributed by atoms with E-state index in [9.17, 15) is 4.39 Å². The van der Waals surface area contributed by atoms with E-state index in [1.54, 1.807) is 26.2 Å². The van der Waals surface area contributed by atoms with Crippen LogP contribution in [-0.4, -0.2) is 53.5 Å². The van der Waals surface area contributed by atoms with E-state index < -0.39 is 0 Å². The monoisotopic (exact) mass is 439 g/mol. The topological polar surface area (TPSA) is 76.3 Å². The molecule has 3 aromatic rings. The molecule has 8 heteroatoms. The van der Waals surface area contributed by atoms with Crippen LogP contribution >= 0.6 is 0 Å². The van der Waals surface area contributed by atoms with E-state index in [-0.39, 0.29) is 11.9 Å². The van der Waals surface area contributed by atoms with Crippen LogP contribution in [0.2, 0.25) is 0 Å². The molecule has 0 radical (unpaired) electrons. The molecule has 1 aliphatic heterocycles. The van der Waals surface area contributed by atoms with Crippen LogP contribution in [0.1, 0.15) is 44.3 Å². The zero-order chi connectivity index (χ0) is 22.1. The van der Waals surface area contributed by atoms with Crippen LogP contribution in [0, 0.1) is 12.7 Å². The van der Waals surface area contributed by atoms with Gasteiger partial charge in [0, 0.05) is 37.7 Å². The van der Waals surface area contributed by atoms with Crippen molar-refractivity contribution in [3.8, 4) is 11.5 Å². The van der Waals surface area contributed by atoms with Gasteiger partial charge in [-0.2, -0.15) is 4.98 Å². The van der Waals surface area contributed by atoms with Gasteiger partial charge in [0.25, 0.3) is 5.89 Å². The van der Waals surface area contributed by atoms with Crippen molar-refractivity contribution < 1.29 is 13.7 Å². The summed E-state index contributed by atoms with van der Waals surface area (Å²) >= 11 is 0. The summed E-state index contributed by atoms with van der Waals surface area (Å²) in [4.78, 5) is 11.4. The van der Waals surface area contributed by atoms with Crippen molar-refractivity contribution in [2.24, 2.45) is 0 Å². The van der Waals surface area contributed by atoms with Gasteiger partial charge < -0.3 is 19.5 Å².